The first kappa shape index (κ1) is 16.9. The summed E-state index contributed by atoms with van der Waals surface area (Å²) in [5.41, 5.74) is 5.13. The molecule has 0 unspecified atom stereocenters. The molecule has 118 valence electrons. The number of hydrogen-bond acceptors (Lipinski definition) is 4. The molecule has 0 saturated carbocycles. The molecule has 0 radical (unpaired) electrons. The molecule has 3 nitrogen and oxygen atoms in total. The number of hydrogen-bond donors (Lipinski definition) is 1. The molecule has 0 fully saturated rings. The number of nitrogens with one attached hydrogen (secondary N) is 1. The zero-order chi connectivity index (χ0) is 16.4. The van der Waals surface area contributed by atoms with Gasteiger partial charge in [-0.15, -0.1) is 11.8 Å². The Labute approximate surface area is 157 Å². The van der Waals surface area contributed by atoms with Gasteiger partial charge in [-0.25, -0.2) is 0 Å². The molecule has 0 amide bonds. The molecule has 2 heterocycles. The molecule has 1 aromatic carbocycles. The molecule has 1 aliphatic heterocycles. The summed E-state index contributed by atoms with van der Waals surface area (Å²) in [7, 11) is 0. The third-order valence-electron chi connectivity index (χ3n) is 3.09. The molecule has 0 saturated heterocycles. The van der Waals surface area contributed by atoms with Crippen molar-refractivity contribution in [1.29, 1.82) is 0 Å². The number of halogens is 4. The van der Waals surface area contributed by atoms with Crippen LogP contribution in [0.25, 0.3) is 5.03 Å². The lowest BCUT2D eigenvalue weighted by Gasteiger charge is -2.17. The van der Waals surface area contributed by atoms with E-state index in [1.807, 2.05) is 18.2 Å². The second-order valence-electron chi connectivity index (χ2n) is 4.62. The largest absolute Gasteiger partial charge is 0.275 e. The highest BCUT2D eigenvalue weighted by Crippen LogP contribution is 2.40. The summed E-state index contributed by atoms with van der Waals surface area (Å²) >= 11 is 26.2. The van der Waals surface area contributed by atoms with E-state index in [1.54, 1.807) is 18.0 Å². The molecule has 1 aromatic heterocycles. The highest BCUT2D eigenvalue weighted by molar-refractivity contribution is 7.99. The Morgan fingerprint density at radius 2 is 1.87 bits per heavy atom. The molecule has 23 heavy (non-hydrogen) atoms. The van der Waals surface area contributed by atoms with Gasteiger partial charge in [0.15, 0.2) is 0 Å². The van der Waals surface area contributed by atoms with Crippen molar-refractivity contribution in [2.45, 2.75) is 4.90 Å². The quantitative estimate of drug-likeness (QED) is 0.489. The Morgan fingerprint density at radius 1 is 1.13 bits per heavy atom. The van der Waals surface area contributed by atoms with Crippen molar-refractivity contribution in [3.05, 3.63) is 56.8 Å². The van der Waals surface area contributed by atoms with Crippen LogP contribution < -0.4 is 5.43 Å². The summed E-state index contributed by atoms with van der Waals surface area (Å²) < 4.78 is 0. The maximum atomic E-state index is 6.46. The summed E-state index contributed by atoms with van der Waals surface area (Å²) in [5, 5.41) is 6.24. The van der Waals surface area contributed by atoms with Crippen LogP contribution in [0.2, 0.25) is 15.1 Å². The van der Waals surface area contributed by atoms with Gasteiger partial charge in [0, 0.05) is 39.2 Å². The molecule has 0 atom stereocenters. The lowest BCUT2D eigenvalue weighted by atomic mass is 10.1. The van der Waals surface area contributed by atoms with Crippen molar-refractivity contribution in [1.82, 2.24) is 4.98 Å². The minimum atomic E-state index is 0.393. The van der Waals surface area contributed by atoms with Crippen LogP contribution in [0, 0.1) is 0 Å². The highest BCUT2D eigenvalue weighted by atomic mass is 35.5. The van der Waals surface area contributed by atoms with Gasteiger partial charge < -0.3 is 0 Å². The summed E-state index contributed by atoms with van der Waals surface area (Å²) in [4.78, 5) is 4.99. The van der Waals surface area contributed by atoms with Crippen molar-refractivity contribution < 1.29 is 0 Å². The van der Waals surface area contributed by atoms with Crippen LogP contribution in [0.1, 0.15) is 5.56 Å². The van der Waals surface area contributed by atoms with E-state index in [4.69, 9.17) is 46.4 Å². The Morgan fingerprint density at radius 3 is 2.61 bits per heavy atom. The van der Waals surface area contributed by atoms with Crippen LogP contribution in [0.5, 0.6) is 0 Å². The summed E-state index contributed by atoms with van der Waals surface area (Å²) in [6, 6.07) is 5.67. The summed E-state index contributed by atoms with van der Waals surface area (Å²) in [6.45, 7) is 0. The van der Waals surface area contributed by atoms with Gasteiger partial charge in [-0.05, 0) is 18.2 Å². The first-order valence-corrected chi connectivity index (χ1v) is 8.95. The minimum Gasteiger partial charge on any atom is -0.275 e. The molecular formula is C15H9Cl4N3S. The van der Waals surface area contributed by atoms with E-state index >= 15 is 0 Å². The second kappa shape index (κ2) is 7.32. The fourth-order valence-electron chi connectivity index (χ4n) is 1.98. The number of fused-ring (bicyclic) bond motifs is 1. The van der Waals surface area contributed by atoms with E-state index in [-0.39, 0.29) is 0 Å². The van der Waals surface area contributed by atoms with Gasteiger partial charge in [0.05, 0.1) is 27.0 Å². The lowest BCUT2D eigenvalue weighted by Crippen LogP contribution is -2.02. The third kappa shape index (κ3) is 3.78. The van der Waals surface area contributed by atoms with Crippen LogP contribution in [-0.4, -0.2) is 17.0 Å². The summed E-state index contributed by atoms with van der Waals surface area (Å²) in [6.07, 6.45) is 4.64. The molecule has 1 N–H and O–H groups in total. The Bertz CT molecular complexity index is 800. The van der Waals surface area contributed by atoms with Gasteiger partial charge in [0.2, 0.25) is 0 Å². The number of anilines is 1. The number of pyridine rings is 1. The molecule has 0 spiro atoms. The van der Waals surface area contributed by atoms with Gasteiger partial charge in [-0.1, -0.05) is 46.4 Å². The second-order valence-corrected chi connectivity index (χ2v) is 7.26. The first-order valence-electron chi connectivity index (χ1n) is 6.45. The van der Waals surface area contributed by atoms with E-state index < -0.39 is 0 Å². The molecule has 0 aliphatic carbocycles. The van der Waals surface area contributed by atoms with Crippen LogP contribution in [0.4, 0.5) is 5.69 Å². The number of aromatic nitrogens is 1. The zero-order valence-electron chi connectivity index (χ0n) is 11.5. The smallest absolute Gasteiger partial charge is 0.0965 e. The topological polar surface area (TPSA) is 37.3 Å². The van der Waals surface area contributed by atoms with Crippen LogP contribution in [0.3, 0.4) is 0 Å². The van der Waals surface area contributed by atoms with Crippen molar-refractivity contribution in [3.63, 3.8) is 0 Å². The predicted octanol–water partition coefficient (Wildman–Crippen LogP) is 6.20. The first-order chi connectivity index (χ1) is 11.1. The van der Waals surface area contributed by atoms with Gasteiger partial charge >= 0.3 is 0 Å². The average molecular weight is 405 g/mol. The summed E-state index contributed by atoms with van der Waals surface area (Å²) in [5.74, 6) is 0.719. The number of rotatable bonds is 3. The zero-order valence-corrected chi connectivity index (χ0v) is 15.3. The van der Waals surface area contributed by atoms with Crippen molar-refractivity contribution >= 4 is 75.1 Å². The number of thioether (sulfide) groups is 1. The maximum Gasteiger partial charge on any atom is 0.0965 e. The predicted molar refractivity (Wildman–Crippen MR) is 101 cm³/mol. The van der Waals surface area contributed by atoms with Gasteiger partial charge in [0.25, 0.3) is 0 Å². The van der Waals surface area contributed by atoms with Crippen molar-refractivity contribution in [2.24, 2.45) is 5.10 Å². The van der Waals surface area contributed by atoms with E-state index in [1.165, 1.54) is 12.4 Å². The fourth-order valence-corrected chi connectivity index (χ4v) is 4.02. The third-order valence-corrected chi connectivity index (χ3v) is 5.47. The standard InChI is InChI=1S/C15H9Cl4N3S/c16-9-1-2-13-10(3-9)14(19)8(7-23-13)4-21-22-15-11(17)5-20-6-12(15)18/h1-6H,7H2,(H,20,22). The van der Waals surface area contributed by atoms with Gasteiger partial charge in [-0.2, -0.15) is 5.10 Å². The number of benzene rings is 1. The number of hydrazone groups is 1. The SMILES string of the molecule is ClC1=C(C=NNc2c(Cl)cncc2Cl)CSc2ccc(Cl)cc21. The lowest BCUT2D eigenvalue weighted by molar-refractivity contribution is 1.28. The molecular weight excluding hydrogens is 396 g/mol. The average Bonchev–Trinajstić information content (AvgIpc) is 2.53. The molecule has 8 heteroatoms. The molecule has 3 rings (SSSR count). The van der Waals surface area contributed by atoms with Crippen LogP contribution in [0.15, 0.2) is 46.2 Å². The van der Waals surface area contributed by atoms with Crippen molar-refractivity contribution in [3.8, 4) is 0 Å². The van der Waals surface area contributed by atoms with Gasteiger partial charge in [-0.3, -0.25) is 10.4 Å². The minimum absolute atomic E-state index is 0.393. The van der Waals surface area contributed by atoms with E-state index in [0.717, 1.165) is 21.8 Å². The molecule has 2 aromatic rings. The maximum absolute atomic E-state index is 6.46. The molecule has 0 bridgehead atoms. The van der Waals surface area contributed by atoms with E-state index in [2.05, 4.69) is 15.5 Å². The van der Waals surface area contributed by atoms with E-state index in [0.29, 0.717) is 25.8 Å². The van der Waals surface area contributed by atoms with Crippen LogP contribution in [-0.2, 0) is 0 Å². The van der Waals surface area contributed by atoms with E-state index in [9.17, 15) is 0 Å². The monoisotopic (exact) mass is 403 g/mol. The molecule has 1 aliphatic rings. The fraction of sp³-hybridized carbons (Fsp3) is 0.0667. The number of nitrogens with zero attached hydrogens (tertiary/aromatic N) is 2. The Kier molecular flexibility index (Phi) is 5.39. The Balaban J connectivity index is 1.84. The normalized spacial score (nSPS) is 14.3. The van der Waals surface area contributed by atoms with Crippen molar-refractivity contribution in [2.75, 3.05) is 11.2 Å². The van der Waals surface area contributed by atoms with Gasteiger partial charge in [0.1, 0.15) is 0 Å². The highest BCUT2D eigenvalue weighted by Gasteiger charge is 2.17. The van der Waals surface area contributed by atoms with Crippen LogP contribution >= 0.6 is 58.2 Å². The Hall–Kier alpha value is -0.910.